The molecule has 3 heteroatoms. The van der Waals surface area contributed by atoms with Crippen LogP contribution in [0.3, 0.4) is 0 Å². The van der Waals surface area contributed by atoms with E-state index < -0.39 is 15.8 Å². The third-order valence-corrected chi connectivity index (χ3v) is 13.8. The molecule has 1 nitrogen and oxygen atoms in total. The summed E-state index contributed by atoms with van der Waals surface area (Å²) in [5, 5.41) is 11.1. The fourth-order valence-electron chi connectivity index (χ4n) is 6.66. The molecule has 0 saturated heterocycles. The van der Waals surface area contributed by atoms with Gasteiger partial charge in [-0.15, -0.1) is 0 Å². The molecule has 0 spiro atoms. The normalized spacial score (nSPS) is 11.4. The van der Waals surface area contributed by atoms with Crippen LogP contribution >= 0.6 is 15.8 Å². The fraction of sp³-hybridized carbons (Fsp3) is 0. The zero-order chi connectivity index (χ0) is 32.3. The monoisotopic (exact) mass is 650 g/mol. The fourth-order valence-corrected chi connectivity index (χ4v) is 11.6. The highest BCUT2D eigenvalue weighted by molar-refractivity contribution is 7.80. The van der Waals surface area contributed by atoms with E-state index in [1.54, 1.807) is 0 Å². The van der Waals surface area contributed by atoms with Crippen molar-refractivity contribution in [2.24, 2.45) is 0 Å². The van der Waals surface area contributed by atoms with Crippen LogP contribution in [0.5, 0.6) is 0 Å². The van der Waals surface area contributed by atoms with Crippen LogP contribution in [-0.2, 0) is 0 Å². The molecule has 0 aliphatic rings. The van der Waals surface area contributed by atoms with Crippen LogP contribution in [-0.4, -0.2) is 5.78 Å². The molecule has 228 valence electrons. The predicted molar refractivity (Wildman–Crippen MR) is 209 cm³/mol. The van der Waals surface area contributed by atoms with Gasteiger partial charge in [-0.05, 0) is 69.2 Å². The smallest absolute Gasteiger partial charge is 0.195 e. The molecule has 0 amide bonds. The highest BCUT2D eigenvalue weighted by Gasteiger charge is 2.30. The highest BCUT2D eigenvalue weighted by atomic mass is 31.1. The first-order valence-electron chi connectivity index (χ1n) is 16.2. The van der Waals surface area contributed by atoms with Crippen LogP contribution in [0.15, 0.2) is 194 Å². The number of ketones is 1. The van der Waals surface area contributed by atoms with E-state index in [-0.39, 0.29) is 5.78 Å². The molecule has 48 heavy (non-hydrogen) atoms. The number of hydrogen-bond donors (Lipinski definition) is 0. The minimum atomic E-state index is -1.03. The van der Waals surface area contributed by atoms with Gasteiger partial charge < -0.3 is 0 Å². The zero-order valence-corrected chi connectivity index (χ0v) is 28.1. The average Bonchev–Trinajstić information content (AvgIpc) is 3.16. The van der Waals surface area contributed by atoms with Crippen LogP contribution in [0, 0.1) is 0 Å². The highest BCUT2D eigenvalue weighted by Crippen LogP contribution is 2.40. The summed E-state index contributed by atoms with van der Waals surface area (Å²) in [7, 11) is -2.07. The second-order valence-corrected chi connectivity index (χ2v) is 16.1. The minimum absolute atomic E-state index is 0.0762. The van der Waals surface area contributed by atoms with Crippen LogP contribution in [0.1, 0.15) is 15.9 Å². The molecule has 8 aromatic rings. The summed E-state index contributed by atoms with van der Waals surface area (Å²) in [5.74, 6) is 0.0762. The molecular weight excluding hydrogens is 618 g/mol. The van der Waals surface area contributed by atoms with Crippen LogP contribution in [0.25, 0.3) is 21.5 Å². The zero-order valence-electron chi connectivity index (χ0n) is 26.3. The van der Waals surface area contributed by atoms with Crippen LogP contribution < -0.4 is 31.8 Å². The maximum Gasteiger partial charge on any atom is 0.195 e. The number of fused-ring (bicyclic) bond motifs is 2. The Labute approximate surface area is 284 Å². The Kier molecular flexibility index (Phi) is 8.49. The summed E-state index contributed by atoms with van der Waals surface area (Å²) < 4.78 is 0. The Balaban J connectivity index is 1.45. The van der Waals surface area contributed by atoms with Crippen molar-refractivity contribution >= 4 is 75.0 Å². The number of benzene rings is 8. The van der Waals surface area contributed by atoms with E-state index in [0.717, 1.165) is 43.3 Å². The molecule has 0 aliphatic carbocycles. The van der Waals surface area contributed by atoms with E-state index in [4.69, 9.17) is 0 Å². The molecule has 0 unspecified atom stereocenters. The molecule has 0 aromatic heterocycles. The third-order valence-electron chi connectivity index (χ3n) is 8.81. The SMILES string of the molecule is O=C(c1c(P(c2ccccc2)c2ccccc2)ccc2ccccc12)c1c(P(c2ccccc2)c2ccccc2)ccc2ccccc12. The van der Waals surface area contributed by atoms with Gasteiger partial charge in [-0.1, -0.05) is 194 Å². The Morgan fingerprint density at radius 1 is 0.312 bits per heavy atom. The van der Waals surface area contributed by atoms with Gasteiger partial charge in [-0.25, -0.2) is 0 Å². The molecule has 0 aliphatic heterocycles. The van der Waals surface area contributed by atoms with E-state index >= 15 is 4.79 Å². The van der Waals surface area contributed by atoms with E-state index in [0.29, 0.717) is 0 Å². The van der Waals surface area contributed by atoms with Crippen molar-refractivity contribution in [3.63, 3.8) is 0 Å². The largest absolute Gasteiger partial charge is 0.289 e. The van der Waals surface area contributed by atoms with Gasteiger partial charge in [-0.2, -0.15) is 0 Å². The van der Waals surface area contributed by atoms with Gasteiger partial charge in [0.1, 0.15) is 0 Å². The van der Waals surface area contributed by atoms with Gasteiger partial charge in [0.05, 0.1) is 0 Å². The summed E-state index contributed by atoms with van der Waals surface area (Å²) in [6, 6.07) is 68.2. The molecule has 0 radical (unpaired) electrons. The van der Waals surface area contributed by atoms with Crippen molar-refractivity contribution in [2.75, 3.05) is 0 Å². The summed E-state index contributed by atoms with van der Waals surface area (Å²) in [5.41, 5.74) is 1.58. The number of hydrogen-bond acceptors (Lipinski definition) is 1. The summed E-state index contributed by atoms with van der Waals surface area (Å²) in [4.78, 5) is 15.9. The lowest BCUT2D eigenvalue weighted by Gasteiger charge is -2.26. The lowest BCUT2D eigenvalue weighted by molar-refractivity contribution is 0.104. The Morgan fingerprint density at radius 3 is 0.938 bits per heavy atom. The van der Waals surface area contributed by atoms with E-state index in [2.05, 4.69) is 194 Å². The number of carbonyl (C=O) groups is 1. The van der Waals surface area contributed by atoms with E-state index in [1.165, 1.54) is 21.2 Å². The average molecular weight is 651 g/mol. The van der Waals surface area contributed by atoms with Gasteiger partial charge in [-0.3, -0.25) is 4.79 Å². The lowest BCUT2D eigenvalue weighted by atomic mass is 9.93. The first kappa shape index (κ1) is 30.2. The van der Waals surface area contributed by atoms with Crippen molar-refractivity contribution in [3.8, 4) is 0 Å². The Hall–Kier alpha value is -5.19. The van der Waals surface area contributed by atoms with Gasteiger partial charge >= 0.3 is 0 Å². The first-order chi connectivity index (χ1) is 23.8. The summed E-state index contributed by atoms with van der Waals surface area (Å²) in [6.07, 6.45) is 0. The molecule has 0 N–H and O–H groups in total. The molecule has 0 fully saturated rings. The van der Waals surface area contributed by atoms with Crippen molar-refractivity contribution in [2.45, 2.75) is 0 Å². The quantitative estimate of drug-likeness (QED) is 0.119. The van der Waals surface area contributed by atoms with Gasteiger partial charge in [0, 0.05) is 11.1 Å². The molecule has 0 bridgehead atoms. The molecular formula is C45H32OP2. The van der Waals surface area contributed by atoms with Crippen molar-refractivity contribution in [1.29, 1.82) is 0 Å². The Bertz CT molecular complexity index is 2110. The lowest BCUT2D eigenvalue weighted by Crippen LogP contribution is -2.29. The molecule has 0 atom stereocenters. The van der Waals surface area contributed by atoms with Crippen LogP contribution in [0.2, 0.25) is 0 Å². The molecule has 8 aromatic carbocycles. The summed E-state index contributed by atoms with van der Waals surface area (Å²) >= 11 is 0. The van der Waals surface area contributed by atoms with Crippen molar-refractivity contribution in [3.05, 3.63) is 205 Å². The van der Waals surface area contributed by atoms with Gasteiger partial charge in [0.15, 0.2) is 5.78 Å². The van der Waals surface area contributed by atoms with Gasteiger partial charge in [0.25, 0.3) is 0 Å². The maximum absolute atomic E-state index is 15.9. The standard InChI is InChI=1S/C45H32OP2/c46-45(43-39-27-15-13-17-33(39)29-31-41(43)47(35-19-5-1-6-20-35)36-21-7-2-8-22-36)44-40-28-16-14-18-34(40)30-32-42(44)48(37-23-9-3-10-24-37)38-25-11-4-12-26-38/h1-32H. The number of carbonyl (C=O) groups excluding carboxylic acids is 1. The topological polar surface area (TPSA) is 17.1 Å². The van der Waals surface area contributed by atoms with Crippen LogP contribution in [0.4, 0.5) is 0 Å². The Morgan fingerprint density at radius 2 is 0.604 bits per heavy atom. The first-order valence-corrected chi connectivity index (χ1v) is 18.8. The minimum Gasteiger partial charge on any atom is -0.289 e. The van der Waals surface area contributed by atoms with Crippen molar-refractivity contribution in [1.82, 2.24) is 0 Å². The molecule has 0 heterocycles. The predicted octanol–water partition coefficient (Wildman–Crippen LogP) is 8.74. The summed E-state index contributed by atoms with van der Waals surface area (Å²) in [6.45, 7) is 0. The number of rotatable bonds is 8. The second-order valence-electron chi connectivity index (χ2n) is 11.7. The van der Waals surface area contributed by atoms with E-state index in [9.17, 15) is 0 Å². The van der Waals surface area contributed by atoms with Gasteiger partial charge in [0.2, 0.25) is 0 Å². The maximum atomic E-state index is 15.9. The second kappa shape index (κ2) is 13.5. The van der Waals surface area contributed by atoms with Crippen molar-refractivity contribution < 1.29 is 4.79 Å². The third kappa shape index (κ3) is 5.67. The van der Waals surface area contributed by atoms with E-state index in [1.807, 2.05) is 0 Å². The molecule has 0 saturated carbocycles. The molecule has 8 rings (SSSR count).